The maximum Gasteiger partial charge on any atom is 0.230 e. The fourth-order valence-electron chi connectivity index (χ4n) is 2.20. The van der Waals surface area contributed by atoms with Crippen molar-refractivity contribution in [3.05, 3.63) is 0 Å². The number of rotatable bonds is 15. The summed E-state index contributed by atoms with van der Waals surface area (Å²) in [5, 5.41) is 2.51. The molecule has 2 amide bonds. The fourth-order valence-corrected chi connectivity index (χ4v) is 2.72. The molecule has 0 fully saturated rings. The first-order valence-corrected chi connectivity index (χ1v) is 10.3. The van der Waals surface area contributed by atoms with Gasteiger partial charge in [0.15, 0.2) is 0 Å². The number of carbonyl (C=O) groups excluding carboxylic acids is 3. The molecule has 0 bridgehead atoms. The van der Waals surface area contributed by atoms with E-state index in [1.165, 1.54) is 11.9 Å². The molecular formula is C19H36N2O5S. The predicted molar refractivity (Wildman–Crippen MR) is 108 cm³/mol. The van der Waals surface area contributed by atoms with E-state index < -0.39 is 5.60 Å². The van der Waals surface area contributed by atoms with Gasteiger partial charge in [0.1, 0.15) is 6.29 Å². The van der Waals surface area contributed by atoms with Gasteiger partial charge in [-0.2, -0.15) is 0 Å². The number of amides is 2. The minimum atomic E-state index is -0.612. The van der Waals surface area contributed by atoms with Gasteiger partial charge in [-0.15, -0.1) is 0 Å². The van der Waals surface area contributed by atoms with Gasteiger partial charge in [0.25, 0.3) is 0 Å². The molecule has 0 aromatic carbocycles. The Kier molecular flexibility index (Phi) is 12.6. The molecular weight excluding hydrogens is 368 g/mol. The van der Waals surface area contributed by atoms with E-state index in [-0.39, 0.29) is 30.4 Å². The summed E-state index contributed by atoms with van der Waals surface area (Å²) in [6.45, 7) is 12.7. The van der Waals surface area contributed by atoms with Crippen molar-refractivity contribution < 1.29 is 23.9 Å². The van der Waals surface area contributed by atoms with Gasteiger partial charge < -0.3 is 24.3 Å². The van der Waals surface area contributed by atoms with Crippen molar-refractivity contribution in [2.24, 2.45) is 5.92 Å². The van der Waals surface area contributed by atoms with E-state index in [9.17, 15) is 14.4 Å². The molecule has 0 unspecified atom stereocenters. The zero-order valence-corrected chi connectivity index (χ0v) is 18.4. The van der Waals surface area contributed by atoms with Gasteiger partial charge in [-0.1, -0.05) is 13.8 Å². The van der Waals surface area contributed by atoms with Gasteiger partial charge in [-0.05, 0) is 52.0 Å². The monoisotopic (exact) mass is 404 g/mol. The Bertz CT molecular complexity index is 467. The third-order valence-electron chi connectivity index (χ3n) is 3.62. The number of hydrogen-bond acceptors (Lipinski definition) is 6. The highest BCUT2D eigenvalue weighted by atomic mass is 32.2. The molecule has 0 saturated heterocycles. The van der Waals surface area contributed by atoms with Crippen molar-refractivity contribution in [3.63, 3.8) is 0 Å². The maximum absolute atomic E-state index is 11.7. The molecule has 0 aliphatic carbocycles. The van der Waals surface area contributed by atoms with Crippen LogP contribution in [-0.4, -0.2) is 54.8 Å². The molecule has 0 aliphatic heterocycles. The highest BCUT2D eigenvalue weighted by Gasteiger charge is 2.25. The van der Waals surface area contributed by atoms with Crippen LogP contribution in [0.5, 0.6) is 0 Å². The smallest absolute Gasteiger partial charge is 0.230 e. The molecule has 0 spiro atoms. The zero-order valence-electron chi connectivity index (χ0n) is 17.6. The predicted octanol–water partition coefficient (Wildman–Crippen LogP) is 2.48. The fraction of sp³-hybridized carbons (Fsp3) is 0.842. The molecule has 0 aromatic heterocycles. The molecule has 0 rings (SSSR count). The van der Waals surface area contributed by atoms with Crippen LogP contribution in [0.2, 0.25) is 0 Å². The molecule has 158 valence electrons. The van der Waals surface area contributed by atoms with Gasteiger partial charge in [-0.25, -0.2) is 0 Å². The van der Waals surface area contributed by atoms with Crippen LogP contribution in [0.1, 0.15) is 60.8 Å². The van der Waals surface area contributed by atoms with Crippen molar-refractivity contribution in [2.45, 2.75) is 72.0 Å². The molecule has 0 radical (unpaired) electrons. The largest absolute Gasteiger partial charge is 0.375 e. The first kappa shape index (κ1) is 25.9. The Morgan fingerprint density at radius 3 is 2.26 bits per heavy atom. The van der Waals surface area contributed by atoms with E-state index in [4.69, 9.17) is 9.47 Å². The standard InChI is InChI=1S/C19H36N2O5S/c1-15(2)13-16(23)21-27-12-11-26-18(3,4)7-10-25-19(5,6)14-17(24)20-8-9-22/h9,15H,7-8,10-14H2,1-6H3,(H,20,24)(H,21,23). The van der Waals surface area contributed by atoms with Crippen molar-refractivity contribution >= 4 is 30.0 Å². The Labute approximate surface area is 167 Å². The van der Waals surface area contributed by atoms with Gasteiger partial charge in [-0.3, -0.25) is 9.59 Å². The summed E-state index contributed by atoms with van der Waals surface area (Å²) in [5.74, 6) is 0.860. The van der Waals surface area contributed by atoms with Crippen LogP contribution in [0.25, 0.3) is 0 Å². The molecule has 0 atom stereocenters. The Balaban J connectivity index is 3.96. The lowest BCUT2D eigenvalue weighted by molar-refractivity contribution is -0.129. The van der Waals surface area contributed by atoms with E-state index in [0.717, 1.165) is 0 Å². The van der Waals surface area contributed by atoms with Crippen molar-refractivity contribution in [2.75, 3.05) is 25.5 Å². The number of aldehydes is 1. The second-order valence-electron chi connectivity index (χ2n) is 8.09. The molecule has 2 N–H and O–H groups in total. The lowest BCUT2D eigenvalue weighted by Gasteiger charge is -2.29. The van der Waals surface area contributed by atoms with Gasteiger partial charge in [0, 0.05) is 12.2 Å². The Morgan fingerprint density at radius 1 is 1.04 bits per heavy atom. The highest BCUT2D eigenvalue weighted by molar-refractivity contribution is 7.97. The first-order valence-electron chi connectivity index (χ1n) is 9.36. The summed E-state index contributed by atoms with van der Waals surface area (Å²) in [6, 6.07) is 0. The second kappa shape index (κ2) is 13.1. The zero-order chi connectivity index (χ0) is 20.9. The summed E-state index contributed by atoms with van der Waals surface area (Å²) in [6.07, 6.45) is 2.05. The summed E-state index contributed by atoms with van der Waals surface area (Å²) < 4.78 is 14.5. The maximum atomic E-state index is 11.7. The average molecular weight is 405 g/mol. The average Bonchev–Trinajstić information content (AvgIpc) is 2.50. The lowest BCUT2D eigenvalue weighted by atomic mass is 10.0. The lowest BCUT2D eigenvalue weighted by Crippen LogP contribution is -2.36. The third-order valence-corrected chi connectivity index (χ3v) is 4.37. The summed E-state index contributed by atoms with van der Waals surface area (Å²) >= 11 is 1.36. The van der Waals surface area contributed by atoms with Crippen LogP contribution < -0.4 is 10.0 Å². The number of nitrogens with one attached hydrogen (secondary N) is 2. The van der Waals surface area contributed by atoms with Crippen LogP contribution in [0.4, 0.5) is 0 Å². The molecule has 27 heavy (non-hydrogen) atoms. The normalized spacial score (nSPS) is 12.1. The summed E-state index contributed by atoms with van der Waals surface area (Å²) in [5.41, 5.74) is -0.974. The highest BCUT2D eigenvalue weighted by Crippen LogP contribution is 2.19. The topological polar surface area (TPSA) is 93.7 Å². The van der Waals surface area contributed by atoms with Gasteiger partial charge in [0.2, 0.25) is 11.8 Å². The van der Waals surface area contributed by atoms with Crippen LogP contribution in [0, 0.1) is 5.92 Å². The summed E-state index contributed by atoms with van der Waals surface area (Å²) in [4.78, 5) is 33.5. The molecule has 0 aliphatic rings. The summed E-state index contributed by atoms with van der Waals surface area (Å²) in [7, 11) is 0. The SMILES string of the molecule is CC(C)CC(=O)NSCCOC(C)(C)CCOC(C)(C)CC(=O)NCC=O. The molecule has 8 heteroatoms. The van der Waals surface area contributed by atoms with Crippen LogP contribution in [0.3, 0.4) is 0 Å². The quantitative estimate of drug-likeness (QED) is 0.247. The number of ether oxygens (including phenoxy) is 2. The first-order chi connectivity index (χ1) is 12.5. The van der Waals surface area contributed by atoms with Crippen molar-refractivity contribution in [1.82, 2.24) is 10.0 Å². The molecule has 7 nitrogen and oxygen atoms in total. The molecule has 0 aromatic rings. The van der Waals surface area contributed by atoms with Gasteiger partial charge >= 0.3 is 0 Å². The number of carbonyl (C=O) groups is 3. The molecule has 0 heterocycles. The molecule has 0 saturated carbocycles. The van der Waals surface area contributed by atoms with E-state index in [2.05, 4.69) is 10.0 Å². The van der Waals surface area contributed by atoms with Crippen molar-refractivity contribution in [1.29, 1.82) is 0 Å². The third kappa shape index (κ3) is 15.6. The number of hydrogen-bond donors (Lipinski definition) is 2. The van der Waals surface area contributed by atoms with E-state index in [1.807, 2.05) is 41.5 Å². The van der Waals surface area contributed by atoms with Crippen LogP contribution in [-0.2, 0) is 23.9 Å². The van der Waals surface area contributed by atoms with E-state index >= 15 is 0 Å². The van der Waals surface area contributed by atoms with Gasteiger partial charge in [0.05, 0.1) is 37.4 Å². The Morgan fingerprint density at radius 2 is 1.67 bits per heavy atom. The van der Waals surface area contributed by atoms with Crippen LogP contribution >= 0.6 is 11.9 Å². The second-order valence-corrected chi connectivity index (χ2v) is 8.99. The van der Waals surface area contributed by atoms with E-state index in [0.29, 0.717) is 44.0 Å². The minimum Gasteiger partial charge on any atom is -0.375 e. The van der Waals surface area contributed by atoms with Crippen molar-refractivity contribution in [3.8, 4) is 0 Å². The Hall–Kier alpha value is -1.12. The van der Waals surface area contributed by atoms with E-state index in [1.54, 1.807) is 0 Å². The minimum absolute atomic E-state index is 0.0196. The van der Waals surface area contributed by atoms with Crippen LogP contribution in [0.15, 0.2) is 0 Å².